The summed E-state index contributed by atoms with van der Waals surface area (Å²) in [6, 6.07) is 11.8. The first kappa shape index (κ1) is 14.7. The summed E-state index contributed by atoms with van der Waals surface area (Å²) in [6.45, 7) is 1.46. The van der Waals surface area contributed by atoms with Gasteiger partial charge in [0.15, 0.2) is 5.76 Å². The van der Waals surface area contributed by atoms with E-state index in [1.807, 2.05) is 41.2 Å². The van der Waals surface area contributed by atoms with Gasteiger partial charge in [0.05, 0.1) is 23.8 Å². The van der Waals surface area contributed by atoms with Gasteiger partial charge in [-0.05, 0) is 18.2 Å². The molecule has 0 bridgehead atoms. The number of rotatable bonds is 3. The van der Waals surface area contributed by atoms with E-state index in [2.05, 4.69) is 5.10 Å². The number of nitrogens with two attached hydrogens (primary N) is 1. The summed E-state index contributed by atoms with van der Waals surface area (Å²) in [6.07, 6.45) is 4.11. The molecule has 0 spiro atoms. The Kier molecular flexibility index (Phi) is 3.66. The maximum atomic E-state index is 12.7. The fraction of sp³-hybridized carbons (Fsp3) is 0.222. The van der Waals surface area contributed by atoms with Gasteiger partial charge in [-0.25, -0.2) is 4.68 Å². The lowest BCUT2D eigenvalue weighted by Gasteiger charge is -2.27. The zero-order valence-electron chi connectivity index (χ0n) is 13.2. The van der Waals surface area contributed by atoms with Crippen LogP contribution in [0.4, 0.5) is 0 Å². The first-order valence-electron chi connectivity index (χ1n) is 7.95. The maximum absolute atomic E-state index is 12.7. The highest BCUT2D eigenvalue weighted by Crippen LogP contribution is 2.24. The van der Waals surface area contributed by atoms with Crippen molar-refractivity contribution in [1.82, 2.24) is 14.7 Å². The van der Waals surface area contributed by atoms with Crippen LogP contribution in [0.5, 0.6) is 0 Å². The Bertz CT molecular complexity index is 866. The van der Waals surface area contributed by atoms with Crippen LogP contribution in [0.25, 0.3) is 5.69 Å². The summed E-state index contributed by atoms with van der Waals surface area (Å²) in [5, 5.41) is 4.49. The van der Waals surface area contributed by atoms with Crippen molar-refractivity contribution in [3.05, 3.63) is 71.4 Å². The van der Waals surface area contributed by atoms with Gasteiger partial charge in [-0.2, -0.15) is 5.10 Å². The molecule has 2 N–H and O–H groups in total. The lowest BCUT2D eigenvalue weighted by Crippen LogP contribution is -2.36. The van der Waals surface area contributed by atoms with Gasteiger partial charge in [0.25, 0.3) is 5.91 Å². The average Bonchev–Trinajstić information content (AvgIpc) is 3.27. The summed E-state index contributed by atoms with van der Waals surface area (Å²) in [5.74, 6) is 0.231. The molecule has 6 nitrogen and oxygen atoms in total. The fourth-order valence-corrected chi connectivity index (χ4v) is 3.12. The van der Waals surface area contributed by atoms with Crippen molar-refractivity contribution >= 4 is 5.91 Å². The van der Waals surface area contributed by atoms with Crippen molar-refractivity contribution in [2.24, 2.45) is 5.73 Å². The second-order valence-corrected chi connectivity index (χ2v) is 5.82. The van der Waals surface area contributed by atoms with E-state index in [0.29, 0.717) is 25.4 Å². The molecule has 0 atom stereocenters. The first-order valence-corrected chi connectivity index (χ1v) is 7.95. The van der Waals surface area contributed by atoms with Crippen LogP contribution in [0.1, 0.15) is 27.4 Å². The van der Waals surface area contributed by atoms with Crippen LogP contribution >= 0.6 is 0 Å². The third kappa shape index (κ3) is 2.41. The molecule has 0 saturated carbocycles. The highest BCUT2D eigenvalue weighted by molar-refractivity contribution is 5.93. The second kappa shape index (κ2) is 5.98. The molecule has 3 aromatic rings. The minimum Gasteiger partial charge on any atom is -0.459 e. The monoisotopic (exact) mass is 322 g/mol. The predicted octanol–water partition coefficient (Wildman–Crippen LogP) is 2.12. The van der Waals surface area contributed by atoms with E-state index in [1.54, 1.807) is 11.0 Å². The number of carbonyl (C=O) groups is 1. The van der Waals surface area contributed by atoms with E-state index in [4.69, 9.17) is 10.2 Å². The molecule has 24 heavy (non-hydrogen) atoms. The molecule has 1 amide bonds. The van der Waals surface area contributed by atoms with Crippen LogP contribution in [0.15, 0.2) is 53.3 Å². The topological polar surface area (TPSA) is 77.3 Å². The van der Waals surface area contributed by atoms with E-state index in [9.17, 15) is 4.79 Å². The lowest BCUT2D eigenvalue weighted by atomic mass is 10.1. The zero-order valence-corrected chi connectivity index (χ0v) is 13.2. The molecule has 0 fully saturated rings. The normalized spacial score (nSPS) is 13.8. The molecule has 0 saturated heterocycles. The highest BCUT2D eigenvalue weighted by atomic mass is 16.3. The van der Waals surface area contributed by atoms with Gasteiger partial charge in [0.1, 0.15) is 0 Å². The predicted molar refractivity (Wildman–Crippen MR) is 88.6 cm³/mol. The van der Waals surface area contributed by atoms with Crippen molar-refractivity contribution in [1.29, 1.82) is 0 Å². The molecule has 0 aliphatic carbocycles. The average molecular weight is 322 g/mol. The van der Waals surface area contributed by atoms with Crippen LogP contribution in [-0.2, 0) is 19.5 Å². The summed E-state index contributed by atoms with van der Waals surface area (Å²) in [5.41, 5.74) is 9.67. The molecular formula is C18H18N4O2. The van der Waals surface area contributed by atoms with Crippen molar-refractivity contribution in [3.8, 4) is 5.69 Å². The van der Waals surface area contributed by atoms with E-state index in [0.717, 1.165) is 28.9 Å². The molecule has 6 heteroatoms. The van der Waals surface area contributed by atoms with Gasteiger partial charge < -0.3 is 15.1 Å². The van der Waals surface area contributed by atoms with Crippen LogP contribution in [-0.4, -0.2) is 27.1 Å². The summed E-state index contributed by atoms with van der Waals surface area (Å²) in [4.78, 5) is 14.5. The Labute approximate surface area is 139 Å². The number of nitrogens with zero attached hydrogens (tertiary/aromatic N) is 3. The van der Waals surface area contributed by atoms with Crippen LogP contribution in [0, 0.1) is 0 Å². The fourth-order valence-electron chi connectivity index (χ4n) is 3.12. The summed E-state index contributed by atoms with van der Waals surface area (Å²) in [7, 11) is 0. The number of hydrogen-bond donors (Lipinski definition) is 1. The first-order chi connectivity index (χ1) is 11.8. The van der Waals surface area contributed by atoms with E-state index >= 15 is 0 Å². The number of furan rings is 1. The Balaban J connectivity index is 1.59. The number of amides is 1. The molecular weight excluding hydrogens is 304 g/mol. The van der Waals surface area contributed by atoms with Crippen LogP contribution < -0.4 is 5.73 Å². The molecule has 0 unspecified atom stereocenters. The Morgan fingerprint density at radius 3 is 2.88 bits per heavy atom. The number of benzene rings is 1. The van der Waals surface area contributed by atoms with Crippen molar-refractivity contribution in [3.63, 3.8) is 0 Å². The van der Waals surface area contributed by atoms with Crippen molar-refractivity contribution < 1.29 is 9.21 Å². The number of aromatic nitrogens is 2. The largest absolute Gasteiger partial charge is 0.459 e. The molecule has 1 aromatic carbocycles. The van der Waals surface area contributed by atoms with Gasteiger partial charge in [-0.3, -0.25) is 4.79 Å². The molecule has 4 rings (SSSR count). The minimum atomic E-state index is -0.112. The third-order valence-electron chi connectivity index (χ3n) is 4.38. The smallest absolute Gasteiger partial charge is 0.290 e. The molecule has 0 radical (unpaired) electrons. The van der Waals surface area contributed by atoms with E-state index in [1.165, 1.54) is 6.26 Å². The molecule has 2 aromatic heterocycles. The molecule has 1 aliphatic heterocycles. The third-order valence-corrected chi connectivity index (χ3v) is 4.38. The highest BCUT2D eigenvalue weighted by Gasteiger charge is 2.27. The van der Waals surface area contributed by atoms with Crippen molar-refractivity contribution in [2.45, 2.75) is 19.5 Å². The minimum absolute atomic E-state index is 0.112. The SMILES string of the molecule is NCc1ccoc1C(=O)N1CCc2c(cnn2-c2ccccc2)C1. The Hall–Kier alpha value is -2.86. The summed E-state index contributed by atoms with van der Waals surface area (Å²) >= 11 is 0. The Morgan fingerprint density at radius 1 is 1.25 bits per heavy atom. The second-order valence-electron chi connectivity index (χ2n) is 5.82. The number of para-hydroxylation sites is 1. The molecule has 122 valence electrons. The quantitative estimate of drug-likeness (QED) is 0.801. The summed E-state index contributed by atoms with van der Waals surface area (Å²) < 4.78 is 7.29. The van der Waals surface area contributed by atoms with Crippen LogP contribution in [0.3, 0.4) is 0 Å². The van der Waals surface area contributed by atoms with Gasteiger partial charge >= 0.3 is 0 Å². The van der Waals surface area contributed by atoms with Crippen LogP contribution in [0.2, 0.25) is 0 Å². The number of fused-ring (bicyclic) bond motifs is 1. The maximum Gasteiger partial charge on any atom is 0.290 e. The van der Waals surface area contributed by atoms with E-state index in [-0.39, 0.29) is 5.91 Å². The van der Waals surface area contributed by atoms with Crippen molar-refractivity contribution in [2.75, 3.05) is 6.54 Å². The Morgan fingerprint density at radius 2 is 2.08 bits per heavy atom. The molecule has 3 heterocycles. The van der Waals surface area contributed by atoms with Gasteiger partial charge in [-0.1, -0.05) is 18.2 Å². The number of hydrogen-bond acceptors (Lipinski definition) is 4. The molecule has 1 aliphatic rings. The zero-order chi connectivity index (χ0) is 16.5. The van der Waals surface area contributed by atoms with E-state index < -0.39 is 0 Å². The number of carbonyl (C=O) groups excluding carboxylic acids is 1. The van der Waals surface area contributed by atoms with Gasteiger partial charge in [0, 0.05) is 37.2 Å². The standard InChI is InChI=1S/C18H18N4O2/c19-10-13-7-9-24-17(13)18(23)21-8-6-16-14(12-21)11-20-22(16)15-4-2-1-3-5-15/h1-5,7,9,11H,6,8,10,12,19H2. The lowest BCUT2D eigenvalue weighted by molar-refractivity contribution is 0.0700. The van der Waals surface area contributed by atoms with Gasteiger partial charge in [-0.15, -0.1) is 0 Å². The van der Waals surface area contributed by atoms with Gasteiger partial charge in [0.2, 0.25) is 0 Å².